The van der Waals surface area contributed by atoms with Crippen molar-refractivity contribution >= 4 is 5.91 Å². The second-order valence-corrected chi connectivity index (χ2v) is 9.01. The number of nitrogens with zero attached hydrogens (tertiary/aromatic N) is 4. The van der Waals surface area contributed by atoms with Gasteiger partial charge < -0.3 is 4.90 Å². The van der Waals surface area contributed by atoms with Gasteiger partial charge in [-0.15, -0.1) is 0 Å². The van der Waals surface area contributed by atoms with Gasteiger partial charge in [0.15, 0.2) is 0 Å². The van der Waals surface area contributed by atoms with Gasteiger partial charge in [0, 0.05) is 44.7 Å². The molecule has 6 nitrogen and oxygen atoms in total. The lowest BCUT2D eigenvalue weighted by Crippen LogP contribution is -2.51. The van der Waals surface area contributed by atoms with Gasteiger partial charge in [-0.2, -0.15) is 5.10 Å². The molecule has 28 heavy (non-hydrogen) atoms. The van der Waals surface area contributed by atoms with E-state index in [0.717, 1.165) is 75.6 Å². The lowest BCUT2D eigenvalue weighted by molar-refractivity contribution is -0.138. The predicted octanol–water partition coefficient (Wildman–Crippen LogP) is 2.09. The minimum atomic E-state index is 0.0287. The van der Waals surface area contributed by atoms with Crippen LogP contribution in [0.4, 0.5) is 0 Å². The first kappa shape index (κ1) is 19.6. The molecule has 0 bridgehead atoms. The maximum absolute atomic E-state index is 12.8. The first-order valence-electron chi connectivity index (χ1n) is 11.2. The lowest BCUT2D eigenvalue weighted by Gasteiger charge is -2.37. The minimum absolute atomic E-state index is 0.0287. The van der Waals surface area contributed by atoms with Crippen LogP contribution in [0, 0.1) is 11.8 Å². The largest absolute Gasteiger partial charge is 0.340 e. The molecule has 6 heteroatoms. The Hall–Kier alpha value is -1.69. The summed E-state index contributed by atoms with van der Waals surface area (Å²) in [7, 11) is 0. The highest BCUT2D eigenvalue weighted by atomic mass is 16.2. The standard InChI is InChI=1S/C22H34N4O2/c1-17-6-8-18(9-7-17)22(28)25-13-10-24(11-14-25)12-15-26-21(27)16-19-4-2-3-5-20(19)23-26/h16-18H,2-15H2,1H3. The van der Waals surface area contributed by atoms with Crippen molar-refractivity contribution in [1.82, 2.24) is 19.6 Å². The third kappa shape index (κ3) is 4.48. The fourth-order valence-electron chi connectivity index (χ4n) is 4.95. The molecule has 0 unspecified atom stereocenters. The van der Waals surface area contributed by atoms with E-state index in [0.29, 0.717) is 12.5 Å². The molecule has 1 aliphatic heterocycles. The number of carbonyl (C=O) groups excluding carboxylic acids is 1. The highest BCUT2D eigenvalue weighted by molar-refractivity contribution is 5.79. The predicted molar refractivity (Wildman–Crippen MR) is 109 cm³/mol. The summed E-state index contributed by atoms with van der Waals surface area (Å²) in [6.45, 7) is 7.19. The first-order valence-corrected chi connectivity index (χ1v) is 11.2. The third-order valence-electron chi connectivity index (χ3n) is 6.95. The SMILES string of the molecule is CC1CCC(C(=O)N2CCN(CCn3nc4c(cc3=O)CCCC4)CC2)CC1. The van der Waals surface area contributed by atoms with Gasteiger partial charge in [-0.3, -0.25) is 14.5 Å². The Morgan fingerprint density at radius 2 is 1.75 bits per heavy atom. The molecule has 0 spiro atoms. The molecule has 1 saturated carbocycles. The number of rotatable bonds is 4. The van der Waals surface area contributed by atoms with E-state index in [-0.39, 0.29) is 11.5 Å². The Bertz CT molecular complexity index is 743. The zero-order valence-electron chi connectivity index (χ0n) is 17.2. The van der Waals surface area contributed by atoms with Crippen LogP contribution in [-0.2, 0) is 24.2 Å². The summed E-state index contributed by atoms with van der Waals surface area (Å²) >= 11 is 0. The molecular weight excluding hydrogens is 352 g/mol. The molecule has 1 amide bonds. The Labute approximate surface area is 167 Å². The van der Waals surface area contributed by atoms with Crippen LogP contribution in [0.2, 0.25) is 0 Å². The van der Waals surface area contributed by atoms with E-state index in [1.165, 1.54) is 25.7 Å². The van der Waals surface area contributed by atoms with Crippen LogP contribution in [0.1, 0.15) is 56.7 Å². The number of aryl methyl sites for hydroxylation is 2. The topological polar surface area (TPSA) is 58.4 Å². The van der Waals surface area contributed by atoms with Gasteiger partial charge in [-0.1, -0.05) is 6.92 Å². The highest BCUT2D eigenvalue weighted by Gasteiger charge is 2.30. The van der Waals surface area contributed by atoms with Crippen LogP contribution in [0.3, 0.4) is 0 Å². The molecule has 1 aromatic heterocycles. The van der Waals surface area contributed by atoms with Gasteiger partial charge in [0.05, 0.1) is 12.2 Å². The molecular formula is C22H34N4O2. The Morgan fingerprint density at radius 1 is 1.04 bits per heavy atom. The fraction of sp³-hybridized carbons (Fsp3) is 0.773. The minimum Gasteiger partial charge on any atom is -0.340 e. The van der Waals surface area contributed by atoms with Crippen LogP contribution < -0.4 is 5.56 Å². The maximum Gasteiger partial charge on any atom is 0.267 e. The van der Waals surface area contributed by atoms with E-state index in [9.17, 15) is 9.59 Å². The highest BCUT2D eigenvalue weighted by Crippen LogP contribution is 2.29. The summed E-state index contributed by atoms with van der Waals surface area (Å²) in [6, 6.07) is 1.79. The normalized spacial score (nSPS) is 26.1. The van der Waals surface area contributed by atoms with Crippen molar-refractivity contribution < 1.29 is 4.79 Å². The molecule has 154 valence electrons. The van der Waals surface area contributed by atoms with Crippen LogP contribution in [0.15, 0.2) is 10.9 Å². The third-order valence-corrected chi connectivity index (χ3v) is 6.95. The van der Waals surface area contributed by atoms with Crippen LogP contribution in [-0.4, -0.2) is 58.2 Å². The number of carbonyl (C=O) groups is 1. The molecule has 3 aliphatic rings. The first-order chi connectivity index (χ1) is 13.6. The van der Waals surface area contributed by atoms with E-state index in [1.807, 2.05) is 0 Å². The average molecular weight is 387 g/mol. The Balaban J connectivity index is 1.26. The van der Waals surface area contributed by atoms with Gasteiger partial charge in [0.1, 0.15) is 0 Å². The van der Waals surface area contributed by atoms with Crippen molar-refractivity contribution in [2.45, 2.75) is 64.8 Å². The van der Waals surface area contributed by atoms with Gasteiger partial charge in [-0.25, -0.2) is 4.68 Å². The van der Waals surface area contributed by atoms with Crippen LogP contribution in [0.25, 0.3) is 0 Å². The van der Waals surface area contributed by atoms with Gasteiger partial charge in [0.2, 0.25) is 5.91 Å². The Morgan fingerprint density at radius 3 is 2.50 bits per heavy atom. The average Bonchev–Trinajstić information content (AvgIpc) is 2.72. The molecule has 4 rings (SSSR count). The summed E-state index contributed by atoms with van der Waals surface area (Å²) < 4.78 is 1.64. The van der Waals surface area contributed by atoms with E-state index >= 15 is 0 Å². The zero-order valence-corrected chi connectivity index (χ0v) is 17.2. The van der Waals surface area contributed by atoms with Crippen molar-refractivity contribution in [2.75, 3.05) is 32.7 Å². The number of fused-ring (bicyclic) bond motifs is 1. The number of hydrogen-bond acceptors (Lipinski definition) is 4. The van der Waals surface area contributed by atoms with Crippen molar-refractivity contribution in [1.29, 1.82) is 0 Å². The summed E-state index contributed by atoms with van der Waals surface area (Å²) in [4.78, 5) is 29.5. The smallest absolute Gasteiger partial charge is 0.267 e. The summed E-state index contributed by atoms with van der Waals surface area (Å²) in [5.74, 6) is 1.40. The summed E-state index contributed by atoms with van der Waals surface area (Å²) in [5, 5.41) is 4.62. The molecule has 2 aliphatic carbocycles. The van der Waals surface area contributed by atoms with Gasteiger partial charge >= 0.3 is 0 Å². The number of hydrogen-bond donors (Lipinski definition) is 0. The monoisotopic (exact) mass is 386 g/mol. The van der Waals surface area contributed by atoms with Crippen LogP contribution >= 0.6 is 0 Å². The molecule has 0 N–H and O–H groups in total. The van der Waals surface area contributed by atoms with E-state index < -0.39 is 0 Å². The van der Waals surface area contributed by atoms with E-state index in [4.69, 9.17) is 0 Å². The molecule has 0 aromatic carbocycles. The van der Waals surface area contributed by atoms with Crippen molar-refractivity contribution in [3.8, 4) is 0 Å². The van der Waals surface area contributed by atoms with Crippen LogP contribution in [0.5, 0.6) is 0 Å². The van der Waals surface area contributed by atoms with Crippen molar-refractivity contribution in [3.05, 3.63) is 27.7 Å². The van der Waals surface area contributed by atoms with Crippen molar-refractivity contribution in [2.24, 2.45) is 11.8 Å². The lowest BCUT2D eigenvalue weighted by atomic mass is 9.82. The number of piperazine rings is 1. The second-order valence-electron chi connectivity index (χ2n) is 9.01. The number of amides is 1. The zero-order chi connectivity index (χ0) is 19.5. The van der Waals surface area contributed by atoms with Crippen molar-refractivity contribution in [3.63, 3.8) is 0 Å². The van der Waals surface area contributed by atoms with E-state index in [1.54, 1.807) is 10.7 Å². The maximum atomic E-state index is 12.8. The quantitative estimate of drug-likeness (QED) is 0.795. The fourth-order valence-corrected chi connectivity index (χ4v) is 4.95. The van der Waals surface area contributed by atoms with E-state index in [2.05, 4.69) is 21.8 Å². The molecule has 2 fully saturated rings. The van der Waals surface area contributed by atoms with Gasteiger partial charge in [-0.05, 0) is 62.8 Å². The molecule has 0 radical (unpaired) electrons. The molecule has 0 atom stereocenters. The molecule has 2 heterocycles. The summed E-state index contributed by atoms with van der Waals surface area (Å²) in [6.07, 6.45) is 8.85. The second kappa shape index (κ2) is 8.76. The molecule has 1 saturated heterocycles. The number of aromatic nitrogens is 2. The van der Waals surface area contributed by atoms with Gasteiger partial charge in [0.25, 0.3) is 5.56 Å². The molecule has 1 aromatic rings. The summed E-state index contributed by atoms with van der Waals surface area (Å²) in [5.41, 5.74) is 2.29. The Kier molecular flexibility index (Phi) is 6.14.